The van der Waals surface area contributed by atoms with Gasteiger partial charge in [0.1, 0.15) is 0 Å². The van der Waals surface area contributed by atoms with Crippen molar-refractivity contribution in [2.24, 2.45) is 5.73 Å². The van der Waals surface area contributed by atoms with Crippen LogP contribution in [0.2, 0.25) is 0 Å². The normalized spacial score (nSPS) is 11.4. The van der Waals surface area contributed by atoms with Crippen molar-refractivity contribution in [1.82, 2.24) is 4.72 Å². The van der Waals surface area contributed by atoms with Crippen LogP contribution in [-0.4, -0.2) is 26.4 Å². The maximum absolute atomic E-state index is 11.8. The second-order valence-corrected chi connectivity index (χ2v) is 5.51. The average Bonchev–Trinajstić information content (AvgIpc) is 2.29. The van der Waals surface area contributed by atoms with Crippen LogP contribution in [0.3, 0.4) is 0 Å². The molecule has 7 nitrogen and oxygen atoms in total. The Bertz CT molecular complexity index is 542. The predicted octanol–water partition coefficient (Wildman–Crippen LogP) is 0.530. The second-order valence-electron chi connectivity index (χ2n) is 3.75. The molecule has 0 fully saturated rings. The van der Waals surface area contributed by atoms with E-state index in [1.807, 2.05) is 0 Å². The lowest BCUT2D eigenvalue weighted by molar-refractivity contribution is -0.385. The van der Waals surface area contributed by atoms with Gasteiger partial charge in [-0.1, -0.05) is 6.07 Å². The Morgan fingerprint density at radius 1 is 1.44 bits per heavy atom. The van der Waals surface area contributed by atoms with E-state index in [1.165, 1.54) is 12.1 Å². The van der Waals surface area contributed by atoms with Crippen LogP contribution in [0.15, 0.2) is 23.1 Å². The molecule has 3 N–H and O–H groups in total. The average molecular weight is 273 g/mol. The first kappa shape index (κ1) is 14.6. The summed E-state index contributed by atoms with van der Waals surface area (Å²) < 4.78 is 26.0. The molecule has 0 aliphatic heterocycles. The SMILES string of the molecule is Cc1ccc(S(=O)(=O)NCCCN)cc1[N+](=O)[O-]. The first-order valence-electron chi connectivity index (χ1n) is 5.33. The third-order valence-corrected chi connectivity index (χ3v) is 3.82. The molecule has 0 saturated carbocycles. The molecule has 0 heterocycles. The molecular formula is C10H15N3O4S. The molecule has 0 aromatic heterocycles. The van der Waals surface area contributed by atoms with Crippen LogP contribution in [0.5, 0.6) is 0 Å². The van der Waals surface area contributed by atoms with Gasteiger partial charge in [0.2, 0.25) is 10.0 Å². The largest absolute Gasteiger partial charge is 0.330 e. The summed E-state index contributed by atoms with van der Waals surface area (Å²) in [5.74, 6) is 0. The first-order chi connectivity index (χ1) is 8.38. The van der Waals surface area contributed by atoms with E-state index in [0.717, 1.165) is 6.07 Å². The molecule has 8 heteroatoms. The highest BCUT2D eigenvalue weighted by atomic mass is 32.2. The number of benzene rings is 1. The number of nitrogens with two attached hydrogens (primary N) is 1. The fourth-order valence-electron chi connectivity index (χ4n) is 1.34. The fourth-order valence-corrected chi connectivity index (χ4v) is 2.44. The van der Waals surface area contributed by atoms with Gasteiger partial charge in [0, 0.05) is 18.2 Å². The van der Waals surface area contributed by atoms with Crippen LogP contribution in [-0.2, 0) is 10.0 Å². The first-order valence-corrected chi connectivity index (χ1v) is 6.81. The van der Waals surface area contributed by atoms with Crippen molar-refractivity contribution in [2.75, 3.05) is 13.1 Å². The molecule has 0 bridgehead atoms. The molecule has 0 amide bonds. The third-order valence-electron chi connectivity index (χ3n) is 2.36. The summed E-state index contributed by atoms with van der Waals surface area (Å²) in [7, 11) is -3.72. The third kappa shape index (κ3) is 3.49. The maximum Gasteiger partial charge on any atom is 0.273 e. The van der Waals surface area contributed by atoms with Gasteiger partial charge in [0.05, 0.1) is 9.82 Å². The number of nitrogens with zero attached hydrogens (tertiary/aromatic N) is 1. The minimum absolute atomic E-state index is 0.114. The van der Waals surface area contributed by atoms with Gasteiger partial charge < -0.3 is 5.73 Å². The number of sulfonamides is 1. The summed E-state index contributed by atoms with van der Waals surface area (Å²) >= 11 is 0. The lowest BCUT2D eigenvalue weighted by Crippen LogP contribution is -2.26. The lowest BCUT2D eigenvalue weighted by Gasteiger charge is -2.06. The monoisotopic (exact) mass is 273 g/mol. The molecule has 0 aliphatic rings. The van der Waals surface area contributed by atoms with E-state index in [9.17, 15) is 18.5 Å². The van der Waals surface area contributed by atoms with Crippen molar-refractivity contribution in [3.8, 4) is 0 Å². The zero-order chi connectivity index (χ0) is 13.8. The number of nitro groups is 1. The summed E-state index contributed by atoms with van der Waals surface area (Å²) in [6, 6.07) is 3.81. The topological polar surface area (TPSA) is 115 Å². The van der Waals surface area contributed by atoms with Gasteiger partial charge in [-0.15, -0.1) is 0 Å². The van der Waals surface area contributed by atoms with Crippen LogP contribution >= 0.6 is 0 Å². The van der Waals surface area contributed by atoms with E-state index in [1.54, 1.807) is 6.92 Å². The molecule has 0 atom stereocenters. The van der Waals surface area contributed by atoms with Crippen molar-refractivity contribution < 1.29 is 13.3 Å². The molecule has 0 unspecified atom stereocenters. The molecule has 0 spiro atoms. The fraction of sp³-hybridized carbons (Fsp3) is 0.400. The van der Waals surface area contributed by atoms with E-state index in [2.05, 4.69) is 4.72 Å². The smallest absolute Gasteiger partial charge is 0.273 e. The van der Waals surface area contributed by atoms with Gasteiger partial charge in [-0.05, 0) is 26.0 Å². The number of hydrogen-bond donors (Lipinski definition) is 2. The highest BCUT2D eigenvalue weighted by Gasteiger charge is 2.19. The number of nitro benzene ring substituents is 1. The molecule has 100 valence electrons. The molecule has 1 rings (SSSR count). The maximum atomic E-state index is 11.8. The zero-order valence-electron chi connectivity index (χ0n) is 9.92. The van der Waals surface area contributed by atoms with Gasteiger partial charge >= 0.3 is 0 Å². The van der Waals surface area contributed by atoms with E-state index in [4.69, 9.17) is 5.73 Å². The second kappa shape index (κ2) is 5.89. The minimum Gasteiger partial charge on any atom is -0.330 e. The van der Waals surface area contributed by atoms with Gasteiger partial charge in [0.15, 0.2) is 0 Å². The molecule has 1 aromatic rings. The van der Waals surface area contributed by atoms with Gasteiger partial charge in [-0.3, -0.25) is 10.1 Å². The number of nitrogens with one attached hydrogen (secondary N) is 1. The summed E-state index contributed by atoms with van der Waals surface area (Å²) in [6.45, 7) is 2.13. The lowest BCUT2D eigenvalue weighted by atomic mass is 10.2. The van der Waals surface area contributed by atoms with Crippen LogP contribution in [0.4, 0.5) is 5.69 Å². The van der Waals surface area contributed by atoms with Crippen molar-refractivity contribution in [2.45, 2.75) is 18.2 Å². The zero-order valence-corrected chi connectivity index (χ0v) is 10.7. The number of aryl methyl sites for hydroxylation is 1. The van der Waals surface area contributed by atoms with Crippen molar-refractivity contribution in [1.29, 1.82) is 0 Å². The molecular weight excluding hydrogens is 258 g/mol. The molecule has 18 heavy (non-hydrogen) atoms. The van der Waals surface area contributed by atoms with Crippen molar-refractivity contribution in [3.05, 3.63) is 33.9 Å². The molecule has 1 aromatic carbocycles. The van der Waals surface area contributed by atoms with E-state index < -0.39 is 14.9 Å². The molecule has 0 radical (unpaired) electrons. The van der Waals surface area contributed by atoms with Gasteiger partial charge in [-0.25, -0.2) is 13.1 Å². The summed E-state index contributed by atoms with van der Waals surface area (Å²) in [4.78, 5) is 10.0. The van der Waals surface area contributed by atoms with Crippen LogP contribution < -0.4 is 10.5 Å². The van der Waals surface area contributed by atoms with Crippen LogP contribution in [0.1, 0.15) is 12.0 Å². The Hall–Kier alpha value is -1.51. The Kier molecular flexibility index (Phi) is 4.76. The Morgan fingerprint density at radius 3 is 2.67 bits per heavy atom. The van der Waals surface area contributed by atoms with E-state index >= 15 is 0 Å². The Labute approximate surface area is 105 Å². The van der Waals surface area contributed by atoms with Crippen molar-refractivity contribution >= 4 is 15.7 Å². The minimum atomic E-state index is -3.72. The number of hydrogen-bond acceptors (Lipinski definition) is 5. The summed E-state index contributed by atoms with van der Waals surface area (Å²) in [5.41, 5.74) is 5.46. The standard InChI is InChI=1S/C10H15N3O4S/c1-8-3-4-9(7-10(8)13(14)15)18(16,17)12-6-2-5-11/h3-4,7,12H,2,5-6,11H2,1H3. The Balaban J connectivity index is 3.02. The van der Waals surface area contributed by atoms with Crippen molar-refractivity contribution in [3.63, 3.8) is 0 Å². The van der Waals surface area contributed by atoms with Gasteiger partial charge in [0.25, 0.3) is 5.69 Å². The number of rotatable bonds is 6. The Morgan fingerprint density at radius 2 is 2.11 bits per heavy atom. The van der Waals surface area contributed by atoms with Gasteiger partial charge in [-0.2, -0.15) is 0 Å². The predicted molar refractivity (Wildman–Crippen MR) is 66.7 cm³/mol. The quantitative estimate of drug-likeness (QED) is 0.445. The van der Waals surface area contributed by atoms with E-state index in [0.29, 0.717) is 18.5 Å². The highest BCUT2D eigenvalue weighted by molar-refractivity contribution is 7.89. The summed E-state index contributed by atoms with van der Waals surface area (Å²) in [5, 5.41) is 10.7. The highest BCUT2D eigenvalue weighted by Crippen LogP contribution is 2.21. The molecule has 0 aliphatic carbocycles. The van der Waals surface area contributed by atoms with Crippen LogP contribution in [0, 0.1) is 17.0 Å². The summed E-state index contributed by atoms with van der Waals surface area (Å²) in [6.07, 6.45) is 0.507. The van der Waals surface area contributed by atoms with Crippen LogP contribution in [0.25, 0.3) is 0 Å². The van der Waals surface area contributed by atoms with E-state index in [-0.39, 0.29) is 17.1 Å². The molecule has 0 saturated heterocycles.